The Morgan fingerprint density at radius 1 is 1.31 bits per heavy atom. The van der Waals surface area contributed by atoms with Crippen LogP contribution in [0.1, 0.15) is 24.2 Å². The first-order chi connectivity index (χ1) is 7.65. The molecule has 1 atom stereocenters. The van der Waals surface area contributed by atoms with Crippen LogP contribution < -0.4 is 5.73 Å². The van der Waals surface area contributed by atoms with Crippen molar-refractivity contribution in [3.63, 3.8) is 0 Å². The summed E-state index contributed by atoms with van der Waals surface area (Å²) in [5.41, 5.74) is 7.81. The van der Waals surface area contributed by atoms with Gasteiger partial charge in [-0.15, -0.1) is 0 Å². The fourth-order valence-corrected chi connectivity index (χ4v) is 2.08. The normalized spacial score (nSPS) is 12.7. The Bertz CT molecular complexity index is 462. The van der Waals surface area contributed by atoms with Gasteiger partial charge in [-0.3, -0.25) is 0 Å². The minimum absolute atomic E-state index is 0.0723. The van der Waals surface area contributed by atoms with Crippen LogP contribution in [0.15, 0.2) is 45.1 Å². The highest BCUT2D eigenvalue weighted by molar-refractivity contribution is 7.99. The quantitative estimate of drug-likeness (QED) is 0.886. The van der Waals surface area contributed by atoms with E-state index in [0.29, 0.717) is 5.22 Å². The first-order valence-corrected chi connectivity index (χ1v) is 5.92. The molecule has 0 aliphatic rings. The second kappa shape index (κ2) is 4.72. The molecule has 2 rings (SSSR count). The number of nitrogens with two attached hydrogens (primary N) is 1. The van der Waals surface area contributed by atoms with Crippen molar-refractivity contribution in [1.82, 2.24) is 4.98 Å². The van der Waals surface area contributed by atoms with E-state index in [1.54, 1.807) is 6.26 Å². The van der Waals surface area contributed by atoms with Crippen molar-refractivity contribution in [2.24, 2.45) is 5.73 Å². The topological polar surface area (TPSA) is 52.0 Å². The standard InChI is InChI=1S/C12H14N2OS/c1-8-7-15-12(14-8)16-11-5-3-10(4-6-11)9(2)13/h3-7,9H,13H2,1-2H3/t9-/m0/s1. The molecule has 0 fully saturated rings. The van der Waals surface area contributed by atoms with Crippen molar-refractivity contribution in [3.05, 3.63) is 41.8 Å². The molecule has 0 aliphatic heterocycles. The van der Waals surface area contributed by atoms with E-state index in [1.807, 2.05) is 38.1 Å². The Labute approximate surface area is 99.1 Å². The zero-order valence-electron chi connectivity index (χ0n) is 9.31. The van der Waals surface area contributed by atoms with Crippen LogP contribution in [0.2, 0.25) is 0 Å². The Hall–Kier alpha value is -1.26. The summed E-state index contributed by atoms with van der Waals surface area (Å²) >= 11 is 1.51. The molecule has 1 aromatic carbocycles. The third-order valence-electron chi connectivity index (χ3n) is 2.21. The van der Waals surface area contributed by atoms with Crippen molar-refractivity contribution in [2.75, 3.05) is 0 Å². The van der Waals surface area contributed by atoms with Gasteiger partial charge in [0.2, 0.25) is 0 Å². The molecule has 1 heterocycles. The summed E-state index contributed by atoms with van der Waals surface area (Å²) < 4.78 is 5.27. The van der Waals surface area contributed by atoms with Crippen molar-refractivity contribution < 1.29 is 4.42 Å². The molecule has 3 nitrogen and oxygen atoms in total. The first kappa shape index (κ1) is 11.2. The highest BCUT2D eigenvalue weighted by atomic mass is 32.2. The van der Waals surface area contributed by atoms with Crippen LogP contribution in [0.5, 0.6) is 0 Å². The molecule has 2 N–H and O–H groups in total. The van der Waals surface area contributed by atoms with Crippen LogP contribution in [0.3, 0.4) is 0 Å². The molecule has 84 valence electrons. The molecular weight excluding hydrogens is 220 g/mol. The molecule has 0 radical (unpaired) electrons. The molecule has 1 aromatic heterocycles. The molecule has 0 spiro atoms. The zero-order chi connectivity index (χ0) is 11.5. The van der Waals surface area contributed by atoms with Gasteiger partial charge in [0.25, 0.3) is 5.22 Å². The van der Waals surface area contributed by atoms with Gasteiger partial charge in [0, 0.05) is 10.9 Å². The van der Waals surface area contributed by atoms with Gasteiger partial charge in [-0.2, -0.15) is 0 Å². The van der Waals surface area contributed by atoms with Gasteiger partial charge >= 0.3 is 0 Å². The maximum atomic E-state index is 5.78. The molecule has 2 aromatic rings. The molecule has 0 saturated carbocycles. The Kier molecular flexibility index (Phi) is 3.31. The van der Waals surface area contributed by atoms with Gasteiger partial charge in [0.05, 0.1) is 5.69 Å². The lowest BCUT2D eigenvalue weighted by atomic mass is 10.1. The summed E-state index contributed by atoms with van der Waals surface area (Å²) in [5, 5.41) is 0.672. The fraction of sp³-hybridized carbons (Fsp3) is 0.250. The van der Waals surface area contributed by atoms with E-state index in [9.17, 15) is 0 Å². The van der Waals surface area contributed by atoms with E-state index in [0.717, 1.165) is 16.2 Å². The minimum atomic E-state index is 0.0723. The smallest absolute Gasteiger partial charge is 0.260 e. The van der Waals surface area contributed by atoms with Gasteiger partial charge in [0.1, 0.15) is 6.26 Å². The Balaban J connectivity index is 2.11. The minimum Gasteiger partial charge on any atom is -0.439 e. The van der Waals surface area contributed by atoms with Crippen molar-refractivity contribution >= 4 is 11.8 Å². The number of hydrogen-bond donors (Lipinski definition) is 1. The molecule has 0 unspecified atom stereocenters. The Morgan fingerprint density at radius 3 is 2.50 bits per heavy atom. The van der Waals surface area contributed by atoms with Crippen LogP contribution >= 0.6 is 11.8 Å². The number of benzene rings is 1. The monoisotopic (exact) mass is 234 g/mol. The van der Waals surface area contributed by atoms with E-state index in [4.69, 9.17) is 10.2 Å². The van der Waals surface area contributed by atoms with Crippen LogP contribution in [0.4, 0.5) is 0 Å². The van der Waals surface area contributed by atoms with Crippen LogP contribution in [0.25, 0.3) is 0 Å². The van der Waals surface area contributed by atoms with Crippen molar-refractivity contribution in [1.29, 1.82) is 0 Å². The molecular formula is C12H14N2OS. The van der Waals surface area contributed by atoms with Crippen molar-refractivity contribution in [2.45, 2.75) is 30.0 Å². The van der Waals surface area contributed by atoms with Crippen molar-refractivity contribution in [3.8, 4) is 0 Å². The average Bonchev–Trinajstić information content (AvgIpc) is 2.65. The summed E-state index contributed by atoms with van der Waals surface area (Å²) in [7, 11) is 0. The number of oxazole rings is 1. The zero-order valence-corrected chi connectivity index (χ0v) is 10.1. The molecule has 0 bridgehead atoms. The fourth-order valence-electron chi connectivity index (χ4n) is 1.32. The largest absolute Gasteiger partial charge is 0.439 e. The van der Waals surface area contributed by atoms with Crippen LogP contribution in [-0.2, 0) is 0 Å². The molecule has 0 aliphatic carbocycles. The van der Waals surface area contributed by atoms with Crippen LogP contribution in [-0.4, -0.2) is 4.98 Å². The second-order valence-electron chi connectivity index (χ2n) is 3.71. The maximum Gasteiger partial charge on any atom is 0.260 e. The molecule has 0 amide bonds. The lowest BCUT2D eigenvalue weighted by Gasteiger charge is -2.05. The number of hydrogen-bond acceptors (Lipinski definition) is 4. The van der Waals surface area contributed by atoms with E-state index in [-0.39, 0.29) is 6.04 Å². The molecule has 0 saturated heterocycles. The molecule has 16 heavy (non-hydrogen) atoms. The SMILES string of the molecule is Cc1coc(Sc2ccc([C@H](C)N)cc2)n1. The lowest BCUT2D eigenvalue weighted by molar-refractivity contribution is 0.454. The van der Waals surface area contributed by atoms with Gasteiger partial charge in [-0.25, -0.2) is 4.98 Å². The summed E-state index contributed by atoms with van der Waals surface area (Å²) in [4.78, 5) is 5.34. The number of aryl methyl sites for hydroxylation is 1. The van der Waals surface area contributed by atoms with Gasteiger partial charge in [0.15, 0.2) is 0 Å². The highest BCUT2D eigenvalue weighted by Crippen LogP contribution is 2.27. The average molecular weight is 234 g/mol. The van der Waals surface area contributed by atoms with E-state index in [2.05, 4.69) is 4.98 Å². The van der Waals surface area contributed by atoms with Gasteiger partial charge < -0.3 is 10.2 Å². The summed E-state index contributed by atoms with van der Waals surface area (Å²) in [6.07, 6.45) is 1.65. The molecule has 4 heteroatoms. The van der Waals surface area contributed by atoms with E-state index >= 15 is 0 Å². The van der Waals surface area contributed by atoms with Crippen LogP contribution in [0, 0.1) is 6.92 Å². The summed E-state index contributed by atoms with van der Waals surface area (Å²) in [5.74, 6) is 0. The Morgan fingerprint density at radius 2 is 2.00 bits per heavy atom. The summed E-state index contributed by atoms with van der Waals surface area (Å²) in [6.45, 7) is 3.88. The number of aromatic nitrogens is 1. The maximum absolute atomic E-state index is 5.78. The second-order valence-corrected chi connectivity index (χ2v) is 4.74. The third kappa shape index (κ3) is 2.65. The number of nitrogens with zero attached hydrogens (tertiary/aromatic N) is 1. The predicted molar refractivity (Wildman–Crippen MR) is 64.4 cm³/mol. The third-order valence-corrected chi connectivity index (χ3v) is 3.08. The predicted octanol–water partition coefficient (Wildman–Crippen LogP) is 3.15. The van der Waals surface area contributed by atoms with Gasteiger partial charge in [-0.1, -0.05) is 12.1 Å². The van der Waals surface area contributed by atoms with E-state index < -0.39 is 0 Å². The first-order valence-electron chi connectivity index (χ1n) is 5.10. The summed E-state index contributed by atoms with van der Waals surface area (Å²) in [6, 6.07) is 8.19. The van der Waals surface area contributed by atoms with Gasteiger partial charge in [-0.05, 0) is 43.3 Å². The lowest BCUT2D eigenvalue weighted by Crippen LogP contribution is -2.04. The van der Waals surface area contributed by atoms with E-state index in [1.165, 1.54) is 11.8 Å². The highest BCUT2D eigenvalue weighted by Gasteiger charge is 2.04. The number of rotatable bonds is 3.